The highest BCUT2D eigenvalue weighted by Crippen LogP contribution is 2.51. The Labute approximate surface area is 97.1 Å². The first-order chi connectivity index (χ1) is 8.25. The number of aliphatic imine (C=N–C) groups is 1. The second-order valence-electron chi connectivity index (χ2n) is 4.29. The molecule has 0 radical (unpaired) electrons. The van der Waals surface area contributed by atoms with Gasteiger partial charge >= 0.3 is 0 Å². The van der Waals surface area contributed by atoms with Gasteiger partial charge in [-0.3, -0.25) is 0 Å². The van der Waals surface area contributed by atoms with Crippen molar-refractivity contribution in [3.63, 3.8) is 0 Å². The largest absolute Gasteiger partial charge is 0.467 e. The number of carbonyl (C=O) groups excluding carboxylic acids is 1. The van der Waals surface area contributed by atoms with E-state index in [0.717, 1.165) is 0 Å². The van der Waals surface area contributed by atoms with E-state index in [0.29, 0.717) is 36.3 Å². The lowest BCUT2D eigenvalue weighted by Gasteiger charge is -2.20. The van der Waals surface area contributed by atoms with Crippen molar-refractivity contribution in [3.05, 3.63) is 29.1 Å². The molecule has 0 spiro atoms. The lowest BCUT2D eigenvalue weighted by Crippen LogP contribution is -2.14. The zero-order chi connectivity index (χ0) is 11.9. The highest BCUT2D eigenvalue weighted by Gasteiger charge is 2.47. The Morgan fingerprint density at radius 1 is 1.41 bits per heavy atom. The maximum absolute atomic E-state index is 13.9. The molecule has 4 nitrogen and oxygen atoms in total. The van der Waals surface area contributed by atoms with Crippen LogP contribution in [0.5, 0.6) is 5.75 Å². The quantitative estimate of drug-likeness (QED) is 0.582. The Kier molecular flexibility index (Phi) is 2.24. The number of rotatable bonds is 2. The third-order valence-corrected chi connectivity index (χ3v) is 3.19. The van der Waals surface area contributed by atoms with E-state index < -0.39 is 5.54 Å². The fraction of sp³-hybridized carbons (Fsp3) is 0.417. The number of isocyanates is 1. The number of hydrogen-bond acceptors (Lipinski definition) is 4. The van der Waals surface area contributed by atoms with Crippen molar-refractivity contribution in [3.8, 4) is 5.75 Å². The van der Waals surface area contributed by atoms with Crippen LogP contribution in [0.4, 0.5) is 4.39 Å². The van der Waals surface area contributed by atoms with Gasteiger partial charge in [0.1, 0.15) is 17.1 Å². The molecule has 17 heavy (non-hydrogen) atoms. The van der Waals surface area contributed by atoms with Crippen molar-refractivity contribution in [2.24, 2.45) is 4.99 Å². The molecule has 3 rings (SSSR count). The van der Waals surface area contributed by atoms with E-state index >= 15 is 0 Å². The van der Waals surface area contributed by atoms with Gasteiger partial charge in [0.25, 0.3) is 0 Å². The minimum absolute atomic E-state index is 0.169. The summed E-state index contributed by atoms with van der Waals surface area (Å²) in [6, 6.07) is 3.02. The van der Waals surface area contributed by atoms with E-state index in [1.54, 1.807) is 6.07 Å². The molecule has 0 aromatic heterocycles. The van der Waals surface area contributed by atoms with Crippen LogP contribution < -0.4 is 4.74 Å². The van der Waals surface area contributed by atoms with Gasteiger partial charge in [-0.25, -0.2) is 9.18 Å². The molecule has 2 aliphatic rings. The predicted octanol–water partition coefficient (Wildman–Crippen LogP) is 2.02. The lowest BCUT2D eigenvalue weighted by molar-refractivity contribution is -0.0167. The standard InChI is InChI=1S/C12H10FNO3/c13-10-3-8-5-16-7-17-11(8)4-9(10)12(1-2-12)14-6-15/h3-4H,1-2,5,7H2. The van der Waals surface area contributed by atoms with Gasteiger partial charge in [0.2, 0.25) is 6.08 Å². The van der Waals surface area contributed by atoms with Crippen LogP contribution in [-0.2, 0) is 21.7 Å². The normalized spacial score (nSPS) is 19.8. The topological polar surface area (TPSA) is 47.9 Å². The molecule has 1 fully saturated rings. The molecule has 0 saturated heterocycles. The Morgan fingerprint density at radius 3 is 2.94 bits per heavy atom. The van der Waals surface area contributed by atoms with E-state index in [9.17, 15) is 9.18 Å². The van der Waals surface area contributed by atoms with E-state index in [1.807, 2.05) is 0 Å². The molecule has 1 aliphatic heterocycles. The van der Waals surface area contributed by atoms with Crippen LogP contribution in [0.25, 0.3) is 0 Å². The molecule has 0 atom stereocenters. The summed E-state index contributed by atoms with van der Waals surface area (Å²) in [5, 5.41) is 0. The Hall–Kier alpha value is -1.71. The van der Waals surface area contributed by atoms with Crippen molar-refractivity contribution in [1.29, 1.82) is 0 Å². The predicted molar refractivity (Wildman–Crippen MR) is 55.7 cm³/mol. The molecular formula is C12H10FNO3. The van der Waals surface area contributed by atoms with Gasteiger partial charge in [0.15, 0.2) is 6.79 Å². The van der Waals surface area contributed by atoms with Gasteiger partial charge in [-0.15, -0.1) is 0 Å². The molecule has 0 amide bonds. The number of benzene rings is 1. The maximum Gasteiger partial charge on any atom is 0.235 e. The molecule has 88 valence electrons. The van der Waals surface area contributed by atoms with E-state index in [1.165, 1.54) is 12.1 Å². The Bertz CT molecular complexity index is 519. The zero-order valence-corrected chi connectivity index (χ0v) is 9.03. The van der Waals surface area contributed by atoms with Crippen LogP contribution in [0.2, 0.25) is 0 Å². The Morgan fingerprint density at radius 2 is 2.24 bits per heavy atom. The average Bonchev–Trinajstić information content (AvgIpc) is 3.09. The minimum Gasteiger partial charge on any atom is -0.467 e. The summed E-state index contributed by atoms with van der Waals surface area (Å²) in [4.78, 5) is 14.1. The highest BCUT2D eigenvalue weighted by atomic mass is 19.1. The van der Waals surface area contributed by atoms with Crippen molar-refractivity contribution in [2.45, 2.75) is 25.0 Å². The number of nitrogens with zero attached hydrogens (tertiary/aromatic N) is 1. The minimum atomic E-state index is -0.706. The van der Waals surface area contributed by atoms with Crippen molar-refractivity contribution >= 4 is 6.08 Å². The summed E-state index contributed by atoms with van der Waals surface area (Å²) in [6.45, 7) is 0.512. The van der Waals surface area contributed by atoms with Crippen LogP contribution >= 0.6 is 0 Å². The van der Waals surface area contributed by atoms with Gasteiger partial charge in [-0.1, -0.05) is 0 Å². The molecule has 0 unspecified atom stereocenters. The lowest BCUT2D eigenvalue weighted by atomic mass is 10.0. The second-order valence-corrected chi connectivity index (χ2v) is 4.29. The molecule has 1 aromatic rings. The second kappa shape index (κ2) is 3.65. The number of ether oxygens (including phenoxy) is 2. The summed E-state index contributed by atoms with van der Waals surface area (Å²) < 4.78 is 24.3. The molecule has 1 saturated carbocycles. The van der Waals surface area contributed by atoms with Gasteiger partial charge in [0, 0.05) is 11.1 Å². The summed E-state index contributed by atoms with van der Waals surface area (Å²) in [7, 11) is 0. The highest BCUT2D eigenvalue weighted by molar-refractivity contribution is 5.47. The summed E-state index contributed by atoms with van der Waals surface area (Å²) in [6.07, 6.45) is 2.87. The fourth-order valence-corrected chi connectivity index (χ4v) is 2.10. The molecule has 0 N–H and O–H groups in total. The van der Waals surface area contributed by atoms with Crippen LogP contribution in [-0.4, -0.2) is 12.9 Å². The Balaban J connectivity index is 2.08. The van der Waals surface area contributed by atoms with Gasteiger partial charge in [-0.05, 0) is 25.0 Å². The van der Waals surface area contributed by atoms with E-state index in [2.05, 4.69) is 4.99 Å². The average molecular weight is 235 g/mol. The number of halogens is 1. The number of fused-ring (bicyclic) bond motifs is 1. The monoisotopic (exact) mass is 235 g/mol. The third-order valence-electron chi connectivity index (χ3n) is 3.19. The van der Waals surface area contributed by atoms with Crippen LogP contribution in [0.3, 0.4) is 0 Å². The van der Waals surface area contributed by atoms with Crippen LogP contribution in [0.15, 0.2) is 17.1 Å². The molecule has 1 aliphatic carbocycles. The molecule has 1 aromatic carbocycles. The zero-order valence-electron chi connectivity index (χ0n) is 9.03. The first-order valence-corrected chi connectivity index (χ1v) is 5.38. The smallest absolute Gasteiger partial charge is 0.235 e. The van der Waals surface area contributed by atoms with Crippen molar-refractivity contribution in [1.82, 2.24) is 0 Å². The van der Waals surface area contributed by atoms with E-state index in [4.69, 9.17) is 9.47 Å². The van der Waals surface area contributed by atoms with Gasteiger partial charge < -0.3 is 9.47 Å². The molecule has 5 heteroatoms. The van der Waals surface area contributed by atoms with E-state index in [-0.39, 0.29) is 12.6 Å². The molecule has 0 bridgehead atoms. The summed E-state index contributed by atoms with van der Waals surface area (Å²) >= 11 is 0. The fourth-order valence-electron chi connectivity index (χ4n) is 2.10. The van der Waals surface area contributed by atoms with Crippen LogP contribution in [0.1, 0.15) is 24.0 Å². The van der Waals surface area contributed by atoms with Crippen molar-refractivity contribution in [2.75, 3.05) is 6.79 Å². The summed E-state index contributed by atoms with van der Waals surface area (Å²) in [5.74, 6) is 0.245. The van der Waals surface area contributed by atoms with Gasteiger partial charge in [0.05, 0.1) is 6.61 Å². The first kappa shape index (κ1) is 10.4. The van der Waals surface area contributed by atoms with Crippen molar-refractivity contribution < 1.29 is 18.7 Å². The number of hydrogen-bond donors (Lipinski definition) is 0. The SMILES string of the molecule is O=C=NC1(c2cc3c(cc2F)COCO3)CC1. The third kappa shape index (κ3) is 1.64. The molecular weight excluding hydrogens is 225 g/mol. The van der Waals surface area contributed by atoms with Crippen LogP contribution in [0, 0.1) is 5.82 Å². The first-order valence-electron chi connectivity index (χ1n) is 5.38. The molecule has 1 heterocycles. The van der Waals surface area contributed by atoms with Gasteiger partial charge in [-0.2, -0.15) is 4.99 Å². The summed E-state index contributed by atoms with van der Waals surface area (Å²) in [5.41, 5.74) is 0.396. The maximum atomic E-state index is 13.9.